The fourth-order valence-corrected chi connectivity index (χ4v) is 3.49. The molecule has 10 heteroatoms. The second-order valence-electron chi connectivity index (χ2n) is 5.93. The number of hydrogen-bond donors (Lipinski definition) is 0. The van der Waals surface area contributed by atoms with Crippen molar-refractivity contribution in [2.75, 3.05) is 0 Å². The van der Waals surface area contributed by atoms with Crippen molar-refractivity contribution >= 4 is 11.8 Å². The molecule has 0 aliphatic heterocycles. The van der Waals surface area contributed by atoms with Gasteiger partial charge in [0.25, 0.3) is 5.89 Å². The Balaban J connectivity index is 1.52. The Labute approximate surface area is 164 Å². The van der Waals surface area contributed by atoms with Gasteiger partial charge in [0.05, 0.1) is 11.3 Å². The Hall–Kier alpha value is -3.14. The highest BCUT2D eigenvalue weighted by atomic mass is 32.2. The molecule has 0 bridgehead atoms. The Bertz CT molecular complexity index is 1100. The molecule has 28 heavy (non-hydrogen) atoms. The third kappa shape index (κ3) is 3.63. The topological polar surface area (TPSA) is 95.4 Å². The number of rotatable bonds is 6. The largest absolute Gasteiger partial charge is 0.334 e. The summed E-state index contributed by atoms with van der Waals surface area (Å²) < 4.78 is 21.2. The van der Waals surface area contributed by atoms with Gasteiger partial charge in [-0.3, -0.25) is 0 Å². The van der Waals surface area contributed by atoms with Crippen molar-refractivity contribution in [1.29, 1.82) is 0 Å². The maximum atomic E-state index is 14.0. The van der Waals surface area contributed by atoms with Gasteiger partial charge >= 0.3 is 0 Å². The van der Waals surface area contributed by atoms with E-state index in [-0.39, 0.29) is 5.89 Å². The lowest BCUT2D eigenvalue weighted by atomic mass is 10.1. The Morgan fingerprint density at radius 1 is 1.21 bits per heavy atom. The van der Waals surface area contributed by atoms with Crippen LogP contribution in [0.2, 0.25) is 0 Å². The van der Waals surface area contributed by atoms with E-state index in [1.54, 1.807) is 24.4 Å². The van der Waals surface area contributed by atoms with Crippen LogP contribution in [0.4, 0.5) is 4.39 Å². The van der Waals surface area contributed by atoms with Gasteiger partial charge in [-0.15, -0.1) is 10.2 Å². The predicted octanol–water partition coefficient (Wildman–Crippen LogP) is 3.54. The van der Waals surface area contributed by atoms with Crippen LogP contribution in [-0.4, -0.2) is 34.9 Å². The van der Waals surface area contributed by atoms with Crippen LogP contribution < -0.4 is 0 Å². The Kier molecular flexibility index (Phi) is 5.11. The molecule has 0 amide bonds. The van der Waals surface area contributed by atoms with Crippen molar-refractivity contribution in [2.45, 2.75) is 31.3 Å². The van der Waals surface area contributed by atoms with Gasteiger partial charge in [0.1, 0.15) is 17.8 Å². The van der Waals surface area contributed by atoms with Crippen molar-refractivity contribution in [3.8, 4) is 23.0 Å². The van der Waals surface area contributed by atoms with Gasteiger partial charge < -0.3 is 9.09 Å². The molecule has 8 nitrogen and oxygen atoms in total. The lowest BCUT2D eigenvalue weighted by Gasteiger charge is -2.05. The zero-order valence-electron chi connectivity index (χ0n) is 15.2. The number of halogens is 1. The van der Waals surface area contributed by atoms with E-state index in [1.807, 2.05) is 18.4 Å². The summed E-state index contributed by atoms with van der Waals surface area (Å²) in [5.74, 6) is 1.31. The second kappa shape index (κ2) is 7.85. The first-order chi connectivity index (χ1) is 13.7. The number of hydrogen-bond acceptors (Lipinski definition) is 8. The van der Waals surface area contributed by atoms with Crippen molar-refractivity contribution in [2.24, 2.45) is 0 Å². The summed E-state index contributed by atoms with van der Waals surface area (Å²) in [6.07, 6.45) is 3.14. The third-order valence-electron chi connectivity index (χ3n) is 3.99. The normalized spacial score (nSPS) is 11.1. The monoisotopic (exact) mass is 397 g/mol. The lowest BCUT2D eigenvalue weighted by Crippen LogP contribution is -2.01. The molecule has 0 saturated carbocycles. The highest BCUT2D eigenvalue weighted by Gasteiger charge is 2.17. The van der Waals surface area contributed by atoms with Crippen LogP contribution >= 0.6 is 11.8 Å². The lowest BCUT2D eigenvalue weighted by molar-refractivity contribution is 0.422. The SMILES string of the molecule is CCn1c(SCc2noc(-c3cc(C)ccc3F)n2)nnc1-c1ccncn1. The van der Waals surface area contributed by atoms with Crippen molar-refractivity contribution < 1.29 is 8.91 Å². The summed E-state index contributed by atoms with van der Waals surface area (Å²) >= 11 is 1.42. The van der Waals surface area contributed by atoms with E-state index in [1.165, 1.54) is 24.2 Å². The minimum Gasteiger partial charge on any atom is -0.334 e. The minimum absolute atomic E-state index is 0.162. The maximum absolute atomic E-state index is 14.0. The molecular formula is C18H16FN7OS. The summed E-state index contributed by atoms with van der Waals surface area (Å²) in [4.78, 5) is 12.4. The molecule has 0 aliphatic carbocycles. The Morgan fingerprint density at radius 3 is 2.89 bits per heavy atom. The summed E-state index contributed by atoms with van der Waals surface area (Å²) in [6, 6.07) is 6.55. The van der Waals surface area contributed by atoms with E-state index in [0.29, 0.717) is 40.4 Å². The number of thioether (sulfide) groups is 1. The van der Waals surface area contributed by atoms with Gasteiger partial charge in [-0.05, 0) is 32.0 Å². The number of nitrogens with zero attached hydrogens (tertiary/aromatic N) is 7. The van der Waals surface area contributed by atoms with Gasteiger partial charge in [0.2, 0.25) is 0 Å². The van der Waals surface area contributed by atoms with Crippen molar-refractivity contribution in [3.05, 3.63) is 54.0 Å². The highest BCUT2D eigenvalue weighted by Crippen LogP contribution is 2.26. The van der Waals surface area contributed by atoms with E-state index < -0.39 is 5.82 Å². The average molecular weight is 397 g/mol. The average Bonchev–Trinajstić information content (AvgIpc) is 3.35. The highest BCUT2D eigenvalue weighted by molar-refractivity contribution is 7.98. The zero-order chi connectivity index (χ0) is 19.5. The van der Waals surface area contributed by atoms with Crippen LogP contribution in [-0.2, 0) is 12.3 Å². The van der Waals surface area contributed by atoms with Gasteiger partial charge in [-0.25, -0.2) is 14.4 Å². The number of aryl methyl sites for hydroxylation is 1. The summed E-state index contributed by atoms with van der Waals surface area (Å²) in [6.45, 7) is 4.56. The molecule has 142 valence electrons. The summed E-state index contributed by atoms with van der Waals surface area (Å²) in [5.41, 5.74) is 1.92. The first-order valence-electron chi connectivity index (χ1n) is 8.57. The molecule has 4 aromatic rings. The van der Waals surface area contributed by atoms with E-state index in [0.717, 1.165) is 5.56 Å². The quantitative estimate of drug-likeness (QED) is 0.456. The fraction of sp³-hybridized carbons (Fsp3) is 0.222. The number of benzene rings is 1. The number of aromatic nitrogens is 7. The van der Waals surface area contributed by atoms with Gasteiger partial charge in [0.15, 0.2) is 16.8 Å². The van der Waals surface area contributed by atoms with Crippen LogP contribution in [0, 0.1) is 12.7 Å². The molecule has 3 aromatic heterocycles. The first-order valence-corrected chi connectivity index (χ1v) is 9.55. The predicted molar refractivity (Wildman–Crippen MR) is 101 cm³/mol. The molecule has 0 unspecified atom stereocenters. The van der Waals surface area contributed by atoms with Crippen LogP contribution in [0.3, 0.4) is 0 Å². The second-order valence-corrected chi connectivity index (χ2v) is 6.88. The molecule has 0 aliphatic rings. The molecule has 3 heterocycles. The Morgan fingerprint density at radius 2 is 2.11 bits per heavy atom. The van der Waals surface area contributed by atoms with Crippen LogP contribution in [0.15, 0.2) is 46.5 Å². The maximum Gasteiger partial charge on any atom is 0.260 e. The smallest absolute Gasteiger partial charge is 0.260 e. The van der Waals surface area contributed by atoms with Gasteiger partial charge in [0, 0.05) is 12.7 Å². The zero-order valence-corrected chi connectivity index (χ0v) is 16.0. The molecule has 0 radical (unpaired) electrons. The molecule has 0 fully saturated rings. The standard InChI is InChI=1S/C18H16FN7OS/c1-3-26-16(14-6-7-20-10-21-14)23-24-18(26)28-9-15-22-17(27-25-15)12-8-11(2)4-5-13(12)19/h4-8,10H,3,9H2,1-2H3. The van der Waals surface area contributed by atoms with Crippen LogP contribution in [0.5, 0.6) is 0 Å². The van der Waals surface area contributed by atoms with Crippen LogP contribution in [0.25, 0.3) is 23.0 Å². The molecule has 0 N–H and O–H groups in total. The van der Waals surface area contributed by atoms with E-state index in [9.17, 15) is 4.39 Å². The minimum atomic E-state index is -0.395. The fourth-order valence-electron chi connectivity index (χ4n) is 2.65. The summed E-state index contributed by atoms with van der Waals surface area (Å²) in [5, 5.41) is 13.1. The van der Waals surface area contributed by atoms with E-state index in [2.05, 4.69) is 30.3 Å². The van der Waals surface area contributed by atoms with Crippen molar-refractivity contribution in [1.82, 2.24) is 34.9 Å². The summed E-state index contributed by atoms with van der Waals surface area (Å²) in [7, 11) is 0. The van der Waals surface area contributed by atoms with Gasteiger partial charge in [-0.2, -0.15) is 4.98 Å². The van der Waals surface area contributed by atoms with Crippen LogP contribution in [0.1, 0.15) is 18.3 Å². The van der Waals surface area contributed by atoms with E-state index >= 15 is 0 Å². The van der Waals surface area contributed by atoms with Gasteiger partial charge in [-0.1, -0.05) is 28.5 Å². The molecule has 0 spiro atoms. The molecular weight excluding hydrogens is 381 g/mol. The molecule has 0 saturated heterocycles. The first kappa shape index (κ1) is 18.2. The van der Waals surface area contributed by atoms with E-state index in [4.69, 9.17) is 4.52 Å². The van der Waals surface area contributed by atoms with Crippen molar-refractivity contribution in [3.63, 3.8) is 0 Å². The molecule has 0 atom stereocenters. The molecule has 1 aromatic carbocycles. The third-order valence-corrected chi connectivity index (χ3v) is 4.96. The molecule has 4 rings (SSSR count).